The van der Waals surface area contributed by atoms with E-state index in [-0.39, 0.29) is 11.6 Å². The van der Waals surface area contributed by atoms with Crippen molar-refractivity contribution in [2.75, 3.05) is 18.1 Å². The summed E-state index contributed by atoms with van der Waals surface area (Å²) in [6.07, 6.45) is 5.95. The van der Waals surface area contributed by atoms with Gasteiger partial charge in [-0.2, -0.15) is 11.8 Å². The summed E-state index contributed by atoms with van der Waals surface area (Å²) in [7, 11) is 0. The summed E-state index contributed by atoms with van der Waals surface area (Å²) in [5, 5.41) is 0. The average Bonchev–Trinajstić information content (AvgIpc) is 2.49. The maximum absolute atomic E-state index is 6.40. The van der Waals surface area contributed by atoms with Gasteiger partial charge in [0.2, 0.25) is 0 Å². The zero-order chi connectivity index (χ0) is 13.8. The average molecular weight is 291 g/mol. The molecule has 2 nitrogen and oxygen atoms in total. The highest BCUT2D eigenvalue weighted by Gasteiger charge is 2.38. The molecule has 2 saturated heterocycles. The molecule has 1 aromatic carbocycles. The Labute approximate surface area is 126 Å². The standard InChI is InChI=1S/C17H25NOS/c18-16(15-4-2-1-3-5-15)12-14-6-9-19-17(13-14)7-10-20-11-8-17/h1-5,14,16H,6-13,18H2. The number of rotatable bonds is 3. The molecule has 3 rings (SSSR count). The molecular weight excluding hydrogens is 266 g/mol. The second-order valence-corrected chi connectivity index (χ2v) is 7.48. The van der Waals surface area contributed by atoms with Gasteiger partial charge in [0.15, 0.2) is 0 Å². The fourth-order valence-electron chi connectivity index (χ4n) is 3.62. The van der Waals surface area contributed by atoms with Crippen molar-refractivity contribution in [2.24, 2.45) is 11.7 Å². The van der Waals surface area contributed by atoms with E-state index >= 15 is 0 Å². The van der Waals surface area contributed by atoms with Crippen molar-refractivity contribution in [2.45, 2.75) is 43.7 Å². The number of hydrogen-bond acceptors (Lipinski definition) is 3. The Morgan fingerprint density at radius 2 is 2.00 bits per heavy atom. The van der Waals surface area contributed by atoms with E-state index < -0.39 is 0 Å². The van der Waals surface area contributed by atoms with E-state index in [0.29, 0.717) is 0 Å². The van der Waals surface area contributed by atoms with E-state index in [0.717, 1.165) is 18.9 Å². The van der Waals surface area contributed by atoms with Gasteiger partial charge in [-0.15, -0.1) is 0 Å². The summed E-state index contributed by atoms with van der Waals surface area (Å²) in [6, 6.07) is 10.7. The third-order valence-electron chi connectivity index (χ3n) is 4.81. The summed E-state index contributed by atoms with van der Waals surface area (Å²) < 4.78 is 6.17. The van der Waals surface area contributed by atoms with Crippen LogP contribution in [-0.2, 0) is 4.74 Å². The number of hydrogen-bond donors (Lipinski definition) is 1. The van der Waals surface area contributed by atoms with Crippen molar-refractivity contribution in [1.82, 2.24) is 0 Å². The molecule has 2 aliphatic rings. The minimum atomic E-state index is 0.175. The van der Waals surface area contributed by atoms with Crippen LogP contribution in [-0.4, -0.2) is 23.7 Å². The van der Waals surface area contributed by atoms with Crippen LogP contribution >= 0.6 is 11.8 Å². The van der Waals surface area contributed by atoms with Crippen molar-refractivity contribution in [3.8, 4) is 0 Å². The number of ether oxygens (including phenoxy) is 1. The van der Waals surface area contributed by atoms with Crippen LogP contribution in [0.25, 0.3) is 0 Å². The summed E-state index contributed by atoms with van der Waals surface area (Å²) in [4.78, 5) is 0. The lowest BCUT2D eigenvalue weighted by Crippen LogP contribution is -2.43. The van der Waals surface area contributed by atoms with E-state index in [4.69, 9.17) is 10.5 Å². The number of thioether (sulfide) groups is 1. The Morgan fingerprint density at radius 1 is 1.25 bits per heavy atom. The molecule has 2 aliphatic heterocycles. The lowest BCUT2D eigenvalue weighted by Gasteiger charge is -2.43. The lowest BCUT2D eigenvalue weighted by atomic mass is 9.79. The molecular formula is C17H25NOS. The maximum atomic E-state index is 6.40. The topological polar surface area (TPSA) is 35.2 Å². The Hall–Kier alpha value is -0.510. The van der Waals surface area contributed by atoms with E-state index in [2.05, 4.69) is 42.1 Å². The second-order valence-electron chi connectivity index (χ2n) is 6.26. The quantitative estimate of drug-likeness (QED) is 0.920. The zero-order valence-corrected chi connectivity index (χ0v) is 12.9. The van der Waals surface area contributed by atoms with Crippen LogP contribution in [0.4, 0.5) is 0 Å². The molecule has 2 fully saturated rings. The van der Waals surface area contributed by atoms with Gasteiger partial charge in [-0.05, 0) is 55.1 Å². The van der Waals surface area contributed by atoms with Crippen molar-refractivity contribution < 1.29 is 4.74 Å². The van der Waals surface area contributed by atoms with Gasteiger partial charge in [-0.25, -0.2) is 0 Å². The van der Waals surface area contributed by atoms with Gasteiger partial charge < -0.3 is 10.5 Å². The molecule has 2 N–H and O–H groups in total. The minimum absolute atomic E-state index is 0.175. The predicted octanol–water partition coefficient (Wildman–Crippen LogP) is 3.77. The Balaban J connectivity index is 1.60. The highest BCUT2D eigenvalue weighted by molar-refractivity contribution is 7.99. The van der Waals surface area contributed by atoms with Gasteiger partial charge >= 0.3 is 0 Å². The maximum Gasteiger partial charge on any atom is 0.0701 e. The monoisotopic (exact) mass is 291 g/mol. The Kier molecular flexibility index (Phi) is 4.69. The molecule has 1 aromatic rings. The number of benzene rings is 1. The van der Waals surface area contributed by atoms with Gasteiger partial charge in [0.25, 0.3) is 0 Å². The molecule has 2 unspecified atom stereocenters. The molecule has 0 bridgehead atoms. The normalized spacial score (nSPS) is 27.4. The van der Waals surface area contributed by atoms with E-state index in [1.54, 1.807) is 0 Å². The molecule has 0 saturated carbocycles. The van der Waals surface area contributed by atoms with Crippen molar-refractivity contribution in [3.05, 3.63) is 35.9 Å². The molecule has 110 valence electrons. The lowest BCUT2D eigenvalue weighted by molar-refractivity contribution is -0.104. The summed E-state index contributed by atoms with van der Waals surface area (Å²) in [5.74, 6) is 3.25. The van der Waals surface area contributed by atoms with Gasteiger partial charge in [-0.3, -0.25) is 0 Å². The largest absolute Gasteiger partial charge is 0.375 e. The zero-order valence-electron chi connectivity index (χ0n) is 12.1. The highest BCUT2D eigenvalue weighted by atomic mass is 32.2. The molecule has 0 aromatic heterocycles. The van der Waals surface area contributed by atoms with Crippen molar-refractivity contribution in [3.63, 3.8) is 0 Å². The van der Waals surface area contributed by atoms with Gasteiger partial charge in [0, 0.05) is 12.6 Å². The van der Waals surface area contributed by atoms with Gasteiger partial charge in [0.1, 0.15) is 0 Å². The molecule has 0 aliphatic carbocycles. The molecule has 1 spiro atoms. The summed E-state index contributed by atoms with van der Waals surface area (Å²) in [6.45, 7) is 0.927. The number of nitrogens with two attached hydrogens (primary N) is 1. The minimum Gasteiger partial charge on any atom is -0.375 e. The first kappa shape index (κ1) is 14.4. The van der Waals surface area contributed by atoms with Crippen LogP contribution in [0, 0.1) is 5.92 Å². The summed E-state index contributed by atoms with van der Waals surface area (Å²) >= 11 is 2.07. The van der Waals surface area contributed by atoms with E-state index in [1.165, 1.54) is 42.8 Å². The van der Waals surface area contributed by atoms with E-state index in [9.17, 15) is 0 Å². The second kappa shape index (κ2) is 6.50. The summed E-state index contributed by atoms with van der Waals surface area (Å²) in [5.41, 5.74) is 7.85. The van der Waals surface area contributed by atoms with Gasteiger partial charge in [-0.1, -0.05) is 30.3 Å². The van der Waals surface area contributed by atoms with Crippen molar-refractivity contribution >= 4 is 11.8 Å². The first-order valence-corrected chi connectivity index (χ1v) is 8.95. The molecule has 2 heterocycles. The van der Waals surface area contributed by atoms with Crippen LogP contribution in [0.1, 0.15) is 43.7 Å². The van der Waals surface area contributed by atoms with Crippen LogP contribution in [0.5, 0.6) is 0 Å². The Morgan fingerprint density at radius 3 is 2.75 bits per heavy atom. The third-order valence-corrected chi connectivity index (χ3v) is 5.80. The molecule has 2 atom stereocenters. The third kappa shape index (κ3) is 3.38. The van der Waals surface area contributed by atoms with E-state index in [1.807, 2.05) is 0 Å². The van der Waals surface area contributed by atoms with Crippen LogP contribution < -0.4 is 5.73 Å². The fraction of sp³-hybridized carbons (Fsp3) is 0.647. The first-order valence-electron chi connectivity index (χ1n) is 7.80. The molecule has 20 heavy (non-hydrogen) atoms. The van der Waals surface area contributed by atoms with Gasteiger partial charge in [0.05, 0.1) is 5.60 Å². The smallest absolute Gasteiger partial charge is 0.0701 e. The molecule has 0 amide bonds. The Bertz CT molecular complexity index is 411. The predicted molar refractivity (Wildman–Crippen MR) is 86.0 cm³/mol. The van der Waals surface area contributed by atoms with Crippen LogP contribution in [0.15, 0.2) is 30.3 Å². The van der Waals surface area contributed by atoms with Crippen LogP contribution in [0.3, 0.4) is 0 Å². The van der Waals surface area contributed by atoms with Crippen molar-refractivity contribution in [1.29, 1.82) is 0 Å². The highest BCUT2D eigenvalue weighted by Crippen LogP contribution is 2.41. The molecule has 3 heteroatoms. The SMILES string of the molecule is NC(CC1CCOC2(CCSCC2)C1)c1ccccc1. The molecule has 0 radical (unpaired) electrons. The fourth-order valence-corrected chi connectivity index (χ4v) is 4.85. The van der Waals surface area contributed by atoms with Crippen LogP contribution in [0.2, 0.25) is 0 Å². The first-order chi connectivity index (χ1) is 9.77.